The topological polar surface area (TPSA) is 43.8 Å². The van der Waals surface area contributed by atoms with E-state index >= 15 is 0 Å². The van der Waals surface area contributed by atoms with Crippen molar-refractivity contribution in [2.24, 2.45) is 23.2 Å². The van der Waals surface area contributed by atoms with Gasteiger partial charge in [-0.3, -0.25) is 9.69 Å². The van der Waals surface area contributed by atoms with Crippen LogP contribution in [0.3, 0.4) is 0 Å². The minimum absolute atomic E-state index is 0.0298. The predicted molar refractivity (Wildman–Crippen MR) is 85.3 cm³/mol. The molecule has 22 heavy (non-hydrogen) atoms. The molecule has 1 saturated heterocycles. The molecule has 0 atom stereocenters. The molecule has 4 nitrogen and oxygen atoms in total. The van der Waals surface area contributed by atoms with E-state index in [1.807, 2.05) is 0 Å². The van der Waals surface area contributed by atoms with Crippen molar-refractivity contribution in [3.05, 3.63) is 0 Å². The van der Waals surface area contributed by atoms with E-state index in [1.54, 1.807) is 0 Å². The number of piperazine rings is 1. The Morgan fingerprint density at radius 3 is 2.00 bits per heavy atom. The molecule has 5 aliphatic rings. The van der Waals surface area contributed by atoms with Crippen LogP contribution in [0, 0.1) is 23.2 Å². The van der Waals surface area contributed by atoms with Gasteiger partial charge in [0.1, 0.15) is 0 Å². The normalized spacial score (nSPS) is 41.1. The number of hydrogen-bond acceptors (Lipinski definition) is 3. The molecule has 1 heterocycles. The van der Waals surface area contributed by atoms with E-state index in [-0.39, 0.29) is 12.0 Å². The lowest BCUT2D eigenvalue weighted by Crippen LogP contribution is -2.58. The largest absolute Gasteiger partial charge is 0.396 e. The number of carbonyl (C=O) groups excluding carboxylic acids is 1. The van der Waals surface area contributed by atoms with Gasteiger partial charge in [0.15, 0.2) is 0 Å². The van der Waals surface area contributed by atoms with Crippen LogP contribution in [-0.4, -0.2) is 60.1 Å². The van der Waals surface area contributed by atoms with Crippen molar-refractivity contribution in [1.82, 2.24) is 9.80 Å². The van der Waals surface area contributed by atoms with Crippen molar-refractivity contribution >= 4 is 5.91 Å². The monoisotopic (exact) mass is 306 g/mol. The van der Waals surface area contributed by atoms with Crippen LogP contribution in [0.15, 0.2) is 0 Å². The Morgan fingerprint density at radius 1 is 0.955 bits per heavy atom. The molecule has 1 amide bonds. The zero-order chi connectivity index (χ0) is 15.2. The van der Waals surface area contributed by atoms with E-state index in [0.29, 0.717) is 5.91 Å². The number of nitrogens with zero attached hydrogens (tertiary/aromatic N) is 2. The molecule has 5 fully saturated rings. The molecular weight excluding hydrogens is 276 g/mol. The smallest absolute Gasteiger partial charge is 0.228 e. The van der Waals surface area contributed by atoms with Crippen LogP contribution in [0.1, 0.15) is 44.9 Å². The lowest BCUT2D eigenvalue weighted by atomic mass is 9.49. The van der Waals surface area contributed by atoms with Crippen LogP contribution < -0.4 is 0 Å². The second-order valence-electron chi connectivity index (χ2n) is 8.41. The maximum Gasteiger partial charge on any atom is 0.228 e. The van der Waals surface area contributed by atoms with Gasteiger partial charge >= 0.3 is 0 Å². The SMILES string of the molecule is O=C(N1CCN(CCCO)CC1)C12CC3CC(CC(C3)C1)C2. The second-order valence-corrected chi connectivity index (χ2v) is 8.41. The van der Waals surface area contributed by atoms with Gasteiger partial charge in [-0.2, -0.15) is 0 Å². The average Bonchev–Trinajstić information content (AvgIpc) is 2.51. The van der Waals surface area contributed by atoms with Crippen molar-refractivity contribution in [2.45, 2.75) is 44.9 Å². The minimum Gasteiger partial charge on any atom is -0.396 e. The van der Waals surface area contributed by atoms with E-state index < -0.39 is 0 Å². The summed E-state index contributed by atoms with van der Waals surface area (Å²) in [5.41, 5.74) is 0.0298. The van der Waals surface area contributed by atoms with Crippen molar-refractivity contribution in [3.8, 4) is 0 Å². The summed E-state index contributed by atoms with van der Waals surface area (Å²) in [6.45, 7) is 5.00. The van der Waals surface area contributed by atoms with Crippen LogP contribution in [0.2, 0.25) is 0 Å². The van der Waals surface area contributed by atoms with Crippen LogP contribution in [0.25, 0.3) is 0 Å². The summed E-state index contributed by atoms with van der Waals surface area (Å²) < 4.78 is 0. The molecule has 0 aromatic carbocycles. The summed E-state index contributed by atoms with van der Waals surface area (Å²) in [4.78, 5) is 17.8. The molecule has 0 spiro atoms. The number of aliphatic hydroxyl groups is 1. The first-order valence-electron chi connectivity index (χ1n) is 9.31. The summed E-state index contributed by atoms with van der Waals surface area (Å²) in [7, 11) is 0. The molecule has 1 aliphatic heterocycles. The Balaban J connectivity index is 1.38. The molecule has 0 unspecified atom stereocenters. The lowest BCUT2D eigenvalue weighted by molar-refractivity contribution is -0.159. The highest BCUT2D eigenvalue weighted by molar-refractivity contribution is 5.83. The summed E-state index contributed by atoms with van der Waals surface area (Å²) in [5, 5.41) is 8.94. The zero-order valence-electron chi connectivity index (χ0n) is 13.7. The molecule has 0 aromatic heterocycles. The molecule has 4 saturated carbocycles. The number of amides is 1. The van der Waals surface area contributed by atoms with Crippen LogP contribution >= 0.6 is 0 Å². The molecule has 4 heteroatoms. The predicted octanol–water partition coefficient (Wildman–Crippen LogP) is 1.73. The maximum absolute atomic E-state index is 13.2. The van der Waals surface area contributed by atoms with Crippen LogP contribution in [0.5, 0.6) is 0 Å². The van der Waals surface area contributed by atoms with Crippen LogP contribution in [-0.2, 0) is 4.79 Å². The van der Waals surface area contributed by atoms with E-state index in [1.165, 1.54) is 38.5 Å². The first kappa shape index (κ1) is 14.9. The Bertz CT molecular complexity index is 394. The highest BCUT2D eigenvalue weighted by Crippen LogP contribution is 2.60. The highest BCUT2D eigenvalue weighted by atomic mass is 16.3. The Kier molecular flexibility index (Phi) is 3.93. The zero-order valence-corrected chi connectivity index (χ0v) is 13.7. The van der Waals surface area contributed by atoms with Gasteiger partial charge < -0.3 is 10.0 Å². The molecule has 4 bridgehead atoms. The van der Waals surface area contributed by atoms with Gasteiger partial charge in [0, 0.05) is 39.3 Å². The van der Waals surface area contributed by atoms with Gasteiger partial charge in [0.05, 0.1) is 5.41 Å². The maximum atomic E-state index is 13.2. The Hall–Kier alpha value is -0.610. The molecular formula is C18H30N2O2. The summed E-state index contributed by atoms with van der Waals surface area (Å²) >= 11 is 0. The summed E-state index contributed by atoms with van der Waals surface area (Å²) in [5.74, 6) is 3.04. The van der Waals surface area contributed by atoms with E-state index in [4.69, 9.17) is 5.11 Å². The average molecular weight is 306 g/mol. The third-order valence-electron chi connectivity index (χ3n) is 6.78. The Labute approximate surface area is 133 Å². The van der Waals surface area contributed by atoms with Gasteiger partial charge in [-0.25, -0.2) is 0 Å². The van der Waals surface area contributed by atoms with Gasteiger partial charge in [0.25, 0.3) is 0 Å². The third kappa shape index (κ3) is 2.58. The molecule has 0 aromatic rings. The number of aliphatic hydroxyl groups excluding tert-OH is 1. The van der Waals surface area contributed by atoms with Crippen molar-refractivity contribution < 1.29 is 9.90 Å². The number of carbonyl (C=O) groups is 1. The Morgan fingerprint density at radius 2 is 1.50 bits per heavy atom. The fourth-order valence-corrected chi connectivity index (χ4v) is 6.18. The van der Waals surface area contributed by atoms with Gasteiger partial charge in [-0.15, -0.1) is 0 Å². The van der Waals surface area contributed by atoms with Crippen molar-refractivity contribution in [3.63, 3.8) is 0 Å². The summed E-state index contributed by atoms with van der Waals surface area (Å²) in [6, 6.07) is 0. The van der Waals surface area contributed by atoms with Crippen molar-refractivity contribution in [2.75, 3.05) is 39.3 Å². The third-order valence-corrected chi connectivity index (χ3v) is 6.78. The lowest BCUT2D eigenvalue weighted by Gasteiger charge is -2.57. The number of rotatable bonds is 4. The van der Waals surface area contributed by atoms with Gasteiger partial charge in [0.2, 0.25) is 5.91 Å². The van der Waals surface area contributed by atoms with E-state index in [9.17, 15) is 4.79 Å². The first-order chi connectivity index (χ1) is 10.7. The fraction of sp³-hybridized carbons (Fsp3) is 0.944. The van der Waals surface area contributed by atoms with E-state index in [2.05, 4.69) is 9.80 Å². The molecule has 1 N–H and O–H groups in total. The number of hydrogen-bond donors (Lipinski definition) is 1. The van der Waals surface area contributed by atoms with E-state index in [0.717, 1.165) is 56.9 Å². The minimum atomic E-state index is 0.0298. The molecule has 0 radical (unpaired) electrons. The fourth-order valence-electron chi connectivity index (χ4n) is 6.18. The first-order valence-corrected chi connectivity index (χ1v) is 9.31. The summed E-state index contributed by atoms with van der Waals surface area (Å²) in [6.07, 6.45) is 8.61. The molecule has 5 rings (SSSR count). The quantitative estimate of drug-likeness (QED) is 0.860. The van der Waals surface area contributed by atoms with Crippen LogP contribution in [0.4, 0.5) is 0 Å². The highest BCUT2D eigenvalue weighted by Gasteiger charge is 2.55. The molecule has 4 aliphatic carbocycles. The molecule has 124 valence electrons. The van der Waals surface area contributed by atoms with Gasteiger partial charge in [-0.05, 0) is 62.7 Å². The second kappa shape index (κ2) is 5.79. The van der Waals surface area contributed by atoms with Crippen molar-refractivity contribution in [1.29, 1.82) is 0 Å². The van der Waals surface area contributed by atoms with Gasteiger partial charge in [-0.1, -0.05) is 0 Å². The standard InChI is InChI=1S/C18H30N2O2/c21-7-1-2-19-3-5-20(6-4-19)17(22)18-11-14-8-15(12-18)10-16(9-14)13-18/h14-16,21H,1-13H2.